The summed E-state index contributed by atoms with van der Waals surface area (Å²) >= 11 is 0. The third kappa shape index (κ3) is 4.22. The first kappa shape index (κ1) is 15.3. The summed E-state index contributed by atoms with van der Waals surface area (Å²) in [4.78, 5) is 2.46. The van der Waals surface area contributed by atoms with Crippen LogP contribution in [0.1, 0.15) is 31.9 Å². The number of hydrogen-bond acceptors (Lipinski definition) is 3. The zero-order chi connectivity index (χ0) is 14.6. The van der Waals surface area contributed by atoms with Gasteiger partial charge in [0.05, 0.1) is 0 Å². The molecule has 1 aromatic rings. The van der Waals surface area contributed by atoms with Crippen molar-refractivity contribution < 1.29 is 4.74 Å². The van der Waals surface area contributed by atoms with Gasteiger partial charge in [-0.1, -0.05) is 38.5 Å². The molecular formula is C17H28N2O. The van der Waals surface area contributed by atoms with Crippen molar-refractivity contribution in [2.75, 3.05) is 39.3 Å². The number of ether oxygens (including phenoxy) is 1. The van der Waals surface area contributed by atoms with E-state index in [-0.39, 0.29) is 5.41 Å². The molecule has 1 heterocycles. The van der Waals surface area contributed by atoms with Gasteiger partial charge in [0, 0.05) is 32.7 Å². The van der Waals surface area contributed by atoms with Crippen molar-refractivity contribution in [2.24, 2.45) is 0 Å². The Morgan fingerprint density at radius 1 is 1.20 bits per heavy atom. The number of hydrogen-bond donors (Lipinski definition) is 1. The molecule has 1 saturated heterocycles. The minimum Gasteiger partial charge on any atom is -0.492 e. The molecule has 112 valence electrons. The highest BCUT2D eigenvalue weighted by atomic mass is 16.5. The minimum atomic E-state index is 0.121. The normalized spacial score (nSPS) is 17.2. The van der Waals surface area contributed by atoms with Crippen LogP contribution in [0.15, 0.2) is 18.2 Å². The Balaban J connectivity index is 1.95. The topological polar surface area (TPSA) is 24.5 Å². The van der Waals surface area contributed by atoms with Crippen LogP contribution in [-0.4, -0.2) is 44.2 Å². The third-order valence-electron chi connectivity index (χ3n) is 3.82. The monoisotopic (exact) mass is 276 g/mol. The maximum absolute atomic E-state index is 6.06. The number of nitrogens with zero attached hydrogens (tertiary/aromatic N) is 1. The van der Waals surface area contributed by atoms with Crippen molar-refractivity contribution in [3.05, 3.63) is 29.3 Å². The fraction of sp³-hybridized carbons (Fsp3) is 0.647. The number of rotatable bonds is 4. The minimum absolute atomic E-state index is 0.121. The van der Waals surface area contributed by atoms with E-state index in [0.29, 0.717) is 0 Å². The Labute approximate surface area is 123 Å². The lowest BCUT2D eigenvalue weighted by Crippen LogP contribution is -2.44. The fourth-order valence-corrected chi connectivity index (χ4v) is 2.58. The first-order valence-corrected chi connectivity index (χ1v) is 7.64. The molecule has 0 bridgehead atoms. The van der Waals surface area contributed by atoms with Crippen LogP contribution in [-0.2, 0) is 5.41 Å². The maximum atomic E-state index is 6.06. The quantitative estimate of drug-likeness (QED) is 0.915. The molecule has 20 heavy (non-hydrogen) atoms. The van der Waals surface area contributed by atoms with Gasteiger partial charge in [-0.25, -0.2) is 0 Å². The predicted molar refractivity (Wildman–Crippen MR) is 84.7 cm³/mol. The molecule has 3 heteroatoms. The zero-order valence-electron chi connectivity index (χ0n) is 13.3. The van der Waals surface area contributed by atoms with Crippen molar-refractivity contribution in [1.82, 2.24) is 10.2 Å². The molecule has 0 spiro atoms. The molecule has 0 aliphatic carbocycles. The van der Waals surface area contributed by atoms with E-state index >= 15 is 0 Å². The van der Waals surface area contributed by atoms with Gasteiger partial charge >= 0.3 is 0 Å². The lowest BCUT2D eigenvalue weighted by Gasteiger charge is -2.28. The number of benzene rings is 1. The highest BCUT2D eigenvalue weighted by Crippen LogP contribution is 2.32. The molecular weight excluding hydrogens is 248 g/mol. The number of aryl methyl sites for hydroxylation is 1. The molecule has 0 atom stereocenters. The summed E-state index contributed by atoms with van der Waals surface area (Å²) in [6.07, 6.45) is 0. The van der Waals surface area contributed by atoms with E-state index in [9.17, 15) is 0 Å². The van der Waals surface area contributed by atoms with E-state index in [1.54, 1.807) is 0 Å². The second-order valence-corrected chi connectivity index (χ2v) is 6.69. The van der Waals surface area contributed by atoms with Gasteiger partial charge in [-0.3, -0.25) is 4.90 Å². The first-order valence-electron chi connectivity index (χ1n) is 7.64. The molecule has 0 saturated carbocycles. The Bertz CT molecular complexity index is 431. The number of nitrogens with one attached hydrogen (secondary N) is 1. The lowest BCUT2D eigenvalue weighted by atomic mass is 9.85. The van der Waals surface area contributed by atoms with Gasteiger partial charge in [-0.05, 0) is 24.0 Å². The van der Waals surface area contributed by atoms with Crippen LogP contribution in [0.2, 0.25) is 0 Å². The van der Waals surface area contributed by atoms with Gasteiger partial charge in [-0.2, -0.15) is 0 Å². The average molecular weight is 276 g/mol. The van der Waals surface area contributed by atoms with E-state index < -0.39 is 0 Å². The average Bonchev–Trinajstić information content (AvgIpc) is 2.40. The molecule has 3 nitrogen and oxygen atoms in total. The van der Waals surface area contributed by atoms with Crippen LogP contribution in [0.4, 0.5) is 0 Å². The largest absolute Gasteiger partial charge is 0.492 e. The summed E-state index contributed by atoms with van der Waals surface area (Å²) < 4.78 is 6.06. The van der Waals surface area contributed by atoms with Crippen molar-refractivity contribution in [3.8, 4) is 5.75 Å². The molecule has 1 aliphatic rings. The van der Waals surface area contributed by atoms with Gasteiger partial charge in [0.15, 0.2) is 0 Å². The molecule has 0 unspecified atom stereocenters. The van der Waals surface area contributed by atoms with Crippen molar-refractivity contribution in [3.63, 3.8) is 0 Å². The summed E-state index contributed by atoms with van der Waals surface area (Å²) in [6.45, 7) is 15.1. The SMILES string of the molecule is Cc1ccc(OCCN2CCNCC2)c(C(C)(C)C)c1. The van der Waals surface area contributed by atoms with Gasteiger partial charge in [0.1, 0.15) is 12.4 Å². The number of piperazine rings is 1. The first-order chi connectivity index (χ1) is 9.47. The second-order valence-electron chi connectivity index (χ2n) is 6.69. The summed E-state index contributed by atoms with van der Waals surface area (Å²) in [5.41, 5.74) is 2.72. The third-order valence-corrected chi connectivity index (χ3v) is 3.82. The van der Waals surface area contributed by atoms with Crippen LogP contribution in [0.5, 0.6) is 5.75 Å². The van der Waals surface area contributed by atoms with Crippen LogP contribution >= 0.6 is 0 Å². The summed E-state index contributed by atoms with van der Waals surface area (Å²) in [5, 5.41) is 3.38. The Morgan fingerprint density at radius 3 is 2.55 bits per heavy atom. The van der Waals surface area contributed by atoms with Gasteiger partial charge < -0.3 is 10.1 Å². The van der Waals surface area contributed by atoms with Crippen molar-refractivity contribution in [2.45, 2.75) is 33.1 Å². The standard InChI is InChI=1S/C17H28N2O/c1-14-5-6-16(15(13-14)17(2,3)4)20-12-11-19-9-7-18-8-10-19/h5-6,13,18H,7-12H2,1-4H3. The Kier molecular flexibility index (Phi) is 5.06. The summed E-state index contributed by atoms with van der Waals surface area (Å²) in [7, 11) is 0. The Morgan fingerprint density at radius 2 is 1.90 bits per heavy atom. The molecule has 1 fully saturated rings. The fourth-order valence-electron chi connectivity index (χ4n) is 2.58. The highest BCUT2D eigenvalue weighted by Gasteiger charge is 2.19. The van der Waals surface area contributed by atoms with E-state index in [1.807, 2.05) is 0 Å². The van der Waals surface area contributed by atoms with Crippen LogP contribution in [0.3, 0.4) is 0 Å². The summed E-state index contributed by atoms with van der Waals surface area (Å²) in [5.74, 6) is 1.04. The Hall–Kier alpha value is -1.06. The lowest BCUT2D eigenvalue weighted by molar-refractivity contribution is 0.189. The second kappa shape index (κ2) is 6.59. The predicted octanol–water partition coefficient (Wildman–Crippen LogP) is 2.58. The molecule has 0 amide bonds. The molecule has 1 aliphatic heterocycles. The molecule has 1 aromatic carbocycles. The van der Waals surface area contributed by atoms with E-state index in [0.717, 1.165) is 45.1 Å². The van der Waals surface area contributed by atoms with Crippen molar-refractivity contribution >= 4 is 0 Å². The highest BCUT2D eigenvalue weighted by molar-refractivity contribution is 5.41. The van der Waals surface area contributed by atoms with Crippen LogP contribution in [0.25, 0.3) is 0 Å². The van der Waals surface area contributed by atoms with Gasteiger partial charge in [0.2, 0.25) is 0 Å². The molecule has 0 aromatic heterocycles. The molecule has 2 rings (SSSR count). The summed E-state index contributed by atoms with van der Waals surface area (Å²) in [6, 6.07) is 6.50. The van der Waals surface area contributed by atoms with Crippen LogP contribution < -0.4 is 10.1 Å². The smallest absolute Gasteiger partial charge is 0.123 e. The van der Waals surface area contributed by atoms with Gasteiger partial charge in [-0.15, -0.1) is 0 Å². The molecule has 1 N–H and O–H groups in total. The van der Waals surface area contributed by atoms with Crippen molar-refractivity contribution in [1.29, 1.82) is 0 Å². The van der Waals surface area contributed by atoms with E-state index in [1.165, 1.54) is 11.1 Å². The van der Waals surface area contributed by atoms with Crippen LogP contribution in [0, 0.1) is 6.92 Å². The van der Waals surface area contributed by atoms with Gasteiger partial charge in [0.25, 0.3) is 0 Å². The molecule has 0 radical (unpaired) electrons. The zero-order valence-corrected chi connectivity index (χ0v) is 13.3. The maximum Gasteiger partial charge on any atom is 0.123 e. The van der Waals surface area contributed by atoms with E-state index in [2.05, 4.69) is 56.1 Å². The van der Waals surface area contributed by atoms with E-state index in [4.69, 9.17) is 4.74 Å².